The standard InChI is InChI=1S/C15H31NO2/c1-6-16-14(7-9-15(3,4)17-5)13-8-10-18-11-12(13)2/h12-14,16H,6-11H2,1-5H3. The zero-order chi connectivity index (χ0) is 13.6. The van der Waals surface area contributed by atoms with Crippen molar-refractivity contribution in [1.82, 2.24) is 5.32 Å². The maximum Gasteiger partial charge on any atom is 0.0623 e. The Labute approximate surface area is 113 Å². The molecule has 0 aromatic rings. The van der Waals surface area contributed by atoms with E-state index < -0.39 is 0 Å². The third kappa shape index (κ3) is 4.87. The lowest BCUT2D eigenvalue weighted by Gasteiger charge is -2.37. The van der Waals surface area contributed by atoms with Crippen LogP contribution >= 0.6 is 0 Å². The van der Waals surface area contributed by atoms with Gasteiger partial charge in [-0.2, -0.15) is 0 Å². The topological polar surface area (TPSA) is 30.5 Å². The molecule has 1 saturated heterocycles. The maximum absolute atomic E-state index is 5.55. The van der Waals surface area contributed by atoms with Crippen LogP contribution < -0.4 is 5.32 Å². The fourth-order valence-corrected chi connectivity index (χ4v) is 2.83. The van der Waals surface area contributed by atoms with Crippen molar-refractivity contribution in [1.29, 1.82) is 0 Å². The van der Waals surface area contributed by atoms with Gasteiger partial charge in [-0.1, -0.05) is 13.8 Å². The molecule has 1 aliphatic heterocycles. The zero-order valence-corrected chi connectivity index (χ0v) is 12.8. The van der Waals surface area contributed by atoms with Gasteiger partial charge < -0.3 is 14.8 Å². The average Bonchev–Trinajstić information content (AvgIpc) is 2.35. The number of hydrogen-bond donors (Lipinski definition) is 1. The molecule has 0 saturated carbocycles. The Bertz CT molecular complexity index is 231. The van der Waals surface area contributed by atoms with Crippen LogP contribution in [0.4, 0.5) is 0 Å². The van der Waals surface area contributed by atoms with Gasteiger partial charge in [0.15, 0.2) is 0 Å². The second kappa shape index (κ2) is 7.46. The van der Waals surface area contributed by atoms with Crippen LogP contribution in [-0.4, -0.2) is 38.5 Å². The smallest absolute Gasteiger partial charge is 0.0623 e. The summed E-state index contributed by atoms with van der Waals surface area (Å²) in [5.41, 5.74) is -0.0118. The van der Waals surface area contributed by atoms with Crippen LogP contribution in [0.1, 0.15) is 47.0 Å². The Morgan fingerprint density at radius 2 is 2.17 bits per heavy atom. The van der Waals surface area contributed by atoms with E-state index >= 15 is 0 Å². The molecule has 3 nitrogen and oxygen atoms in total. The fourth-order valence-electron chi connectivity index (χ4n) is 2.83. The predicted octanol–water partition coefficient (Wildman–Crippen LogP) is 2.84. The van der Waals surface area contributed by atoms with Gasteiger partial charge in [-0.05, 0) is 51.5 Å². The van der Waals surface area contributed by atoms with Crippen molar-refractivity contribution in [3.05, 3.63) is 0 Å². The molecule has 0 radical (unpaired) electrons. The van der Waals surface area contributed by atoms with Crippen LogP contribution in [0, 0.1) is 11.8 Å². The van der Waals surface area contributed by atoms with Gasteiger partial charge in [0.25, 0.3) is 0 Å². The predicted molar refractivity (Wildman–Crippen MR) is 75.9 cm³/mol. The highest BCUT2D eigenvalue weighted by Crippen LogP contribution is 2.29. The number of nitrogens with one attached hydrogen (secondary N) is 1. The van der Waals surface area contributed by atoms with Crippen LogP contribution in [0.2, 0.25) is 0 Å². The van der Waals surface area contributed by atoms with Gasteiger partial charge in [-0.3, -0.25) is 0 Å². The summed E-state index contributed by atoms with van der Waals surface area (Å²) in [5, 5.41) is 3.67. The molecule has 0 bridgehead atoms. The first kappa shape index (κ1) is 15.9. The minimum absolute atomic E-state index is 0.0118. The highest BCUT2D eigenvalue weighted by molar-refractivity contribution is 4.84. The van der Waals surface area contributed by atoms with Crippen molar-refractivity contribution in [2.24, 2.45) is 11.8 Å². The molecule has 1 rings (SSSR count). The Balaban J connectivity index is 2.52. The summed E-state index contributed by atoms with van der Waals surface area (Å²) in [6, 6.07) is 0.600. The van der Waals surface area contributed by atoms with E-state index in [0.717, 1.165) is 32.1 Å². The molecule has 0 aliphatic carbocycles. The quantitative estimate of drug-likeness (QED) is 0.761. The van der Waals surface area contributed by atoms with Crippen LogP contribution in [-0.2, 0) is 9.47 Å². The lowest BCUT2D eigenvalue weighted by molar-refractivity contribution is -0.00721. The summed E-state index contributed by atoms with van der Waals surface area (Å²) in [5.74, 6) is 1.40. The molecule has 3 atom stereocenters. The van der Waals surface area contributed by atoms with E-state index in [1.165, 1.54) is 12.8 Å². The molecular weight excluding hydrogens is 226 g/mol. The van der Waals surface area contributed by atoms with Gasteiger partial charge in [0.1, 0.15) is 0 Å². The Hall–Kier alpha value is -0.120. The van der Waals surface area contributed by atoms with E-state index in [1.807, 2.05) is 0 Å². The molecule has 0 spiro atoms. The van der Waals surface area contributed by atoms with E-state index in [2.05, 4.69) is 33.0 Å². The van der Waals surface area contributed by atoms with Crippen LogP contribution in [0.25, 0.3) is 0 Å². The minimum atomic E-state index is -0.0118. The van der Waals surface area contributed by atoms with Crippen LogP contribution in [0.5, 0.6) is 0 Å². The molecule has 0 aromatic carbocycles. The molecule has 18 heavy (non-hydrogen) atoms. The van der Waals surface area contributed by atoms with E-state index in [0.29, 0.717) is 12.0 Å². The SMILES string of the molecule is CCNC(CCC(C)(C)OC)C1CCOCC1C. The van der Waals surface area contributed by atoms with Crippen molar-refractivity contribution in [3.63, 3.8) is 0 Å². The van der Waals surface area contributed by atoms with Gasteiger partial charge in [0.2, 0.25) is 0 Å². The highest BCUT2D eigenvalue weighted by Gasteiger charge is 2.30. The first-order valence-electron chi connectivity index (χ1n) is 7.36. The summed E-state index contributed by atoms with van der Waals surface area (Å²) in [7, 11) is 1.80. The summed E-state index contributed by atoms with van der Waals surface area (Å²) in [6.07, 6.45) is 3.47. The van der Waals surface area contributed by atoms with Crippen molar-refractivity contribution < 1.29 is 9.47 Å². The molecule has 3 unspecified atom stereocenters. The summed E-state index contributed by atoms with van der Waals surface area (Å²) < 4.78 is 11.1. The first-order valence-corrected chi connectivity index (χ1v) is 7.36. The van der Waals surface area contributed by atoms with E-state index in [9.17, 15) is 0 Å². The zero-order valence-electron chi connectivity index (χ0n) is 12.8. The van der Waals surface area contributed by atoms with E-state index in [1.54, 1.807) is 7.11 Å². The van der Waals surface area contributed by atoms with Gasteiger partial charge in [0.05, 0.1) is 5.60 Å². The molecule has 1 fully saturated rings. The summed E-state index contributed by atoms with van der Waals surface area (Å²) in [6.45, 7) is 11.7. The second-order valence-corrected chi connectivity index (χ2v) is 6.17. The monoisotopic (exact) mass is 257 g/mol. The Morgan fingerprint density at radius 1 is 1.44 bits per heavy atom. The number of methoxy groups -OCH3 is 1. The van der Waals surface area contributed by atoms with Crippen molar-refractivity contribution in [2.45, 2.75) is 58.6 Å². The first-order chi connectivity index (χ1) is 8.50. The van der Waals surface area contributed by atoms with Gasteiger partial charge >= 0.3 is 0 Å². The van der Waals surface area contributed by atoms with Crippen molar-refractivity contribution in [2.75, 3.05) is 26.9 Å². The molecular formula is C15H31NO2. The molecule has 1 heterocycles. The largest absolute Gasteiger partial charge is 0.381 e. The molecule has 108 valence electrons. The lowest BCUT2D eigenvalue weighted by atomic mass is 9.80. The van der Waals surface area contributed by atoms with Crippen LogP contribution in [0.3, 0.4) is 0 Å². The van der Waals surface area contributed by atoms with Crippen molar-refractivity contribution >= 4 is 0 Å². The Kier molecular flexibility index (Phi) is 6.61. The molecule has 0 amide bonds. The normalized spacial score (nSPS) is 27.2. The number of hydrogen-bond acceptors (Lipinski definition) is 3. The van der Waals surface area contributed by atoms with Crippen molar-refractivity contribution in [3.8, 4) is 0 Å². The van der Waals surface area contributed by atoms with Gasteiger partial charge in [0, 0.05) is 26.4 Å². The molecule has 3 heteroatoms. The maximum atomic E-state index is 5.55. The molecule has 0 aromatic heterocycles. The Morgan fingerprint density at radius 3 is 2.72 bits per heavy atom. The third-order valence-electron chi connectivity index (χ3n) is 4.30. The van der Waals surface area contributed by atoms with E-state index in [4.69, 9.17) is 9.47 Å². The van der Waals surface area contributed by atoms with Crippen LogP contribution in [0.15, 0.2) is 0 Å². The van der Waals surface area contributed by atoms with Gasteiger partial charge in [-0.25, -0.2) is 0 Å². The van der Waals surface area contributed by atoms with Gasteiger partial charge in [-0.15, -0.1) is 0 Å². The summed E-state index contributed by atoms with van der Waals surface area (Å²) >= 11 is 0. The summed E-state index contributed by atoms with van der Waals surface area (Å²) in [4.78, 5) is 0. The van der Waals surface area contributed by atoms with E-state index in [-0.39, 0.29) is 5.60 Å². The second-order valence-electron chi connectivity index (χ2n) is 6.17. The number of rotatable bonds is 7. The third-order valence-corrected chi connectivity index (χ3v) is 4.30. The average molecular weight is 257 g/mol. The lowest BCUT2D eigenvalue weighted by Crippen LogP contribution is -2.44. The minimum Gasteiger partial charge on any atom is -0.381 e. The molecule has 1 aliphatic rings. The highest BCUT2D eigenvalue weighted by atomic mass is 16.5. The number of ether oxygens (including phenoxy) is 2. The molecule has 1 N–H and O–H groups in total. The fraction of sp³-hybridized carbons (Fsp3) is 1.00.